The van der Waals surface area contributed by atoms with Gasteiger partial charge in [-0.1, -0.05) is 30.3 Å². The summed E-state index contributed by atoms with van der Waals surface area (Å²) in [5.74, 6) is 0.517. The zero-order valence-corrected chi connectivity index (χ0v) is 15.1. The third kappa shape index (κ3) is 4.69. The molecule has 0 saturated carbocycles. The van der Waals surface area contributed by atoms with E-state index in [2.05, 4.69) is 0 Å². The van der Waals surface area contributed by atoms with Gasteiger partial charge < -0.3 is 9.64 Å². The van der Waals surface area contributed by atoms with Crippen LogP contribution in [-0.4, -0.2) is 29.4 Å². The maximum atomic E-state index is 12.5. The maximum Gasteiger partial charge on any atom is 0.269 e. The van der Waals surface area contributed by atoms with E-state index in [1.54, 1.807) is 30.2 Å². The van der Waals surface area contributed by atoms with Crippen molar-refractivity contribution in [1.29, 1.82) is 0 Å². The molecule has 0 spiro atoms. The van der Waals surface area contributed by atoms with Crippen molar-refractivity contribution in [2.24, 2.45) is 0 Å². The quantitative estimate of drug-likeness (QED) is 0.424. The molecule has 0 bridgehead atoms. The average molecular weight is 354 g/mol. The predicted molar refractivity (Wildman–Crippen MR) is 101 cm³/mol. The molecule has 1 amide bonds. The number of non-ortho nitro benzene ring substituents is 1. The highest BCUT2D eigenvalue weighted by Gasteiger charge is 2.17. The van der Waals surface area contributed by atoms with Crippen molar-refractivity contribution >= 4 is 17.7 Å². The van der Waals surface area contributed by atoms with Crippen molar-refractivity contribution in [2.75, 3.05) is 13.7 Å². The Morgan fingerprint density at radius 3 is 2.69 bits per heavy atom. The van der Waals surface area contributed by atoms with E-state index in [0.717, 1.165) is 5.56 Å². The Kier molecular flexibility index (Phi) is 6.49. The van der Waals surface area contributed by atoms with E-state index in [0.29, 0.717) is 17.9 Å². The van der Waals surface area contributed by atoms with E-state index in [1.165, 1.54) is 18.2 Å². The van der Waals surface area contributed by atoms with E-state index in [4.69, 9.17) is 4.74 Å². The second kappa shape index (κ2) is 8.80. The summed E-state index contributed by atoms with van der Waals surface area (Å²) < 4.78 is 5.54. The van der Waals surface area contributed by atoms with Crippen LogP contribution in [0.4, 0.5) is 5.69 Å². The van der Waals surface area contributed by atoms with Gasteiger partial charge in [0.05, 0.1) is 17.6 Å². The normalized spacial score (nSPS) is 12.0. The van der Waals surface area contributed by atoms with Crippen LogP contribution >= 0.6 is 0 Å². The van der Waals surface area contributed by atoms with Gasteiger partial charge in [0, 0.05) is 30.8 Å². The van der Waals surface area contributed by atoms with E-state index in [-0.39, 0.29) is 17.6 Å². The van der Waals surface area contributed by atoms with Crippen molar-refractivity contribution < 1.29 is 14.5 Å². The molecule has 2 rings (SSSR count). The summed E-state index contributed by atoms with van der Waals surface area (Å²) in [6, 6.07) is 13.5. The number of rotatable bonds is 7. The number of ether oxygens (including phenoxy) is 1. The number of nitrogens with zero attached hydrogens (tertiary/aromatic N) is 2. The fraction of sp³-hybridized carbons (Fsp3) is 0.250. The molecule has 6 heteroatoms. The molecule has 0 radical (unpaired) electrons. The first-order chi connectivity index (χ1) is 12.4. The number of para-hydroxylation sites is 1. The summed E-state index contributed by atoms with van der Waals surface area (Å²) in [7, 11) is 1.67. The summed E-state index contributed by atoms with van der Waals surface area (Å²) in [5.41, 5.74) is 1.54. The lowest BCUT2D eigenvalue weighted by atomic mass is 10.1. The number of benzene rings is 2. The van der Waals surface area contributed by atoms with Crippen LogP contribution in [0.15, 0.2) is 54.6 Å². The zero-order chi connectivity index (χ0) is 19.1. The number of nitro benzene ring substituents is 1. The molecule has 6 nitrogen and oxygen atoms in total. The number of likely N-dealkylation sites (N-methyl/N-ethyl adjacent to an activating group) is 1. The van der Waals surface area contributed by atoms with Crippen molar-refractivity contribution in [3.8, 4) is 5.75 Å². The minimum atomic E-state index is -0.442. The highest BCUT2D eigenvalue weighted by atomic mass is 16.6. The Morgan fingerprint density at radius 2 is 2.00 bits per heavy atom. The number of amides is 1. The Labute approximate surface area is 152 Å². The van der Waals surface area contributed by atoms with Crippen molar-refractivity contribution in [1.82, 2.24) is 4.90 Å². The monoisotopic (exact) mass is 354 g/mol. The molecule has 0 aliphatic rings. The van der Waals surface area contributed by atoms with Gasteiger partial charge in [0.1, 0.15) is 5.75 Å². The number of carbonyl (C=O) groups is 1. The molecule has 2 aromatic carbocycles. The molecule has 0 heterocycles. The standard InChI is InChI=1S/C20H22N2O4/c1-4-26-19-11-6-5-8-16(19)12-13-20(23)21(3)15(2)17-9-7-10-18(14-17)22(24)25/h5-15H,4H2,1-3H3/b13-12+/t15-/m0/s1. The van der Waals surface area contributed by atoms with Gasteiger partial charge >= 0.3 is 0 Å². The van der Waals surface area contributed by atoms with Gasteiger partial charge in [-0.25, -0.2) is 0 Å². The number of nitro groups is 1. The summed E-state index contributed by atoms with van der Waals surface area (Å²) in [6.45, 7) is 4.28. The van der Waals surface area contributed by atoms with Crippen molar-refractivity contribution in [3.05, 3.63) is 75.8 Å². The molecule has 0 aromatic heterocycles. The highest BCUT2D eigenvalue weighted by molar-refractivity contribution is 5.92. The van der Waals surface area contributed by atoms with Crippen LogP contribution in [0.3, 0.4) is 0 Å². The fourth-order valence-corrected chi connectivity index (χ4v) is 2.50. The Bertz CT molecular complexity index is 817. The minimum Gasteiger partial charge on any atom is -0.493 e. The van der Waals surface area contributed by atoms with Crippen LogP contribution in [0.2, 0.25) is 0 Å². The number of carbonyl (C=O) groups excluding carboxylic acids is 1. The van der Waals surface area contributed by atoms with Gasteiger partial charge in [-0.15, -0.1) is 0 Å². The van der Waals surface area contributed by atoms with Gasteiger partial charge in [0.2, 0.25) is 5.91 Å². The van der Waals surface area contributed by atoms with Gasteiger partial charge in [0.15, 0.2) is 0 Å². The first-order valence-electron chi connectivity index (χ1n) is 8.35. The lowest BCUT2D eigenvalue weighted by molar-refractivity contribution is -0.384. The van der Waals surface area contributed by atoms with E-state index >= 15 is 0 Å². The van der Waals surface area contributed by atoms with Crippen molar-refractivity contribution in [2.45, 2.75) is 19.9 Å². The van der Waals surface area contributed by atoms with E-state index in [1.807, 2.05) is 38.1 Å². The molecule has 2 aromatic rings. The van der Waals surface area contributed by atoms with Crippen LogP contribution in [0.25, 0.3) is 6.08 Å². The largest absolute Gasteiger partial charge is 0.493 e. The van der Waals surface area contributed by atoms with Crippen LogP contribution in [0.1, 0.15) is 31.0 Å². The lowest BCUT2D eigenvalue weighted by Gasteiger charge is -2.24. The topological polar surface area (TPSA) is 72.7 Å². The SMILES string of the molecule is CCOc1ccccc1/C=C/C(=O)N(C)[C@@H](C)c1cccc([N+](=O)[O-])c1. The molecule has 0 saturated heterocycles. The third-order valence-electron chi connectivity index (χ3n) is 4.12. The summed E-state index contributed by atoms with van der Waals surface area (Å²) in [6.07, 6.45) is 3.19. The first-order valence-corrected chi connectivity index (χ1v) is 8.35. The van der Waals surface area contributed by atoms with Crippen LogP contribution < -0.4 is 4.74 Å². The molecular formula is C20H22N2O4. The Morgan fingerprint density at radius 1 is 1.27 bits per heavy atom. The predicted octanol–water partition coefficient (Wildman–Crippen LogP) is 4.23. The van der Waals surface area contributed by atoms with Gasteiger partial charge in [-0.3, -0.25) is 14.9 Å². The molecule has 136 valence electrons. The molecule has 0 aliphatic carbocycles. The maximum absolute atomic E-state index is 12.5. The summed E-state index contributed by atoms with van der Waals surface area (Å²) >= 11 is 0. The average Bonchev–Trinajstić information content (AvgIpc) is 2.66. The Hall–Kier alpha value is -3.15. The summed E-state index contributed by atoms with van der Waals surface area (Å²) in [5, 5.41) is 10.9. The molecule has 1 atom stereocenters. The molecular weight excluding hydrogens is 332 g/mol. The summed E-state index contributed by atoms with van der Waals surface area (Å²) in [4.78, 5) is 24.5. The van der Waals surface area contributed by atoms with Crippen LogP contribution in [-0.2, 0) is 4.79 Å². The number of hydrogen-bond acceptors (Lipinski definition) is 4. The third-order valence-corrected chi connectivity index (χ3v) is 4.12. The molecule has 0 fully saturated rings. The van der Waals surface area contributed by atoms with Crippen LogP contribution in [0.5, 0.6) is 5.75 Å². The molecule has 0 N–H and O–H groups in total. The van der Waals surface area contributed by atoms with Crippen molar-refractivity contribution in [3.63, 3.8) is 0 Å². The zero-order valence-electron chi connectivity index (χ0n) is 15.1. The number of hydrogen-bond donors (Lipinski definition) is 0. The van der Waals surface area contributed by atoms with Gasteiger partial charge in [-0.2, -0.15) is 0 Å². The minimum absolute atomic E-state index is 0.0105. The second-order valence-electron chi connectivity index (χ2n) is 5.78. The molecule has 0 aliphatic heterocycles. The van der Waals surface area contributed by atoms with Gasteiger partial charge in [0.25, 0.3) is 5.69 Å². The Balaban J connectivity index is 2.14. The second-order valence-corrected chi connectivity index (χ2v) is 5.78. The highest BCUT2D eigenvalue weighted by Crippen LogP contribution is 2.24. The molecule has 26 heavy (non-hydrogen) atoms. The first kappa shape index (κ1) is 19.2. The fourth-order valence-electron chi connectivity index (χ4n) is 2.50. The molecule has 0 unspecified atom stereocenters. The smallest absolute Gasteiger partial charge is 0.269 e. The lowest BCUT2D eigenvalue weighted by Crippen LogP contribution is -2.28. The van der Waals surface area contributed by atoms with Gasteiger partial charge in [-0.05, 0) is 31.6 Å². The van der Waals surface area contributed by atoms with E-state index < -0.39 is 4.92 Å². The van der Waals surface area contributed by atoms with Crippen LogP contribution in [0, 0.1) is 10.1 Å². The van der Waals surface area contributed by atoms with E-state index in [9.17, 15) is 14.9 Å².